The van der Waals surface area contributed by atoms with Gasteiger partial charge in [0, 0.05) is 17.0 Å². The smallest absolute Gasteiger partial charge is 0.338 e. The number of rotatable bonds is 13. The van der Waals surface area contributed by atoms with Crippen molar-refractivity contribution < 1.29 is 38.1 Å². The number of carbonyl (C=O) groups is 4. The lowest BCUT2D eigenvalue weighted by Crippen LogP contribution is -2.50. The van der Waals surface area contributed by atoms with Crippen molar-refractivity contribution in [2.24, 2.45) is 5.41 Å². The highest BCUT2D eigenvalue weighted by molar-refractivity contribution is 6.30. The van der Waals surface area contributed by atoms with Gasteiger partial charge < -0.3 is 18.9 Å². The monoisotopic (exact) mass is 612 g/mol. The molecule has 0 radical (unpaired) electrons. The summed E-state index contributed by atoms with van der Waals surface area (Å²) < 4.78 is 21.9. The summed E-state index contributed by atoms with van der Waals surface area (Å²) in [6.45, 7) is 2.94. The van der Waals surface area contributed by atoms with Gasteiger partial charge in [-0.05, 0) is 41.0 Å². The Morgan fingerprint density at radius 1 is 0.568 bits per heavy atom. The van der Waals surface area contributed by atoms with E-state index in [0.29, 0.717) is 21.7 Å². The van der Waals surface area contributed by atoms with Crippen LogP contribution in [-0.2, 0) is 53.2 Å². The molecule has 0 aliphatic carbocycles. The molecular weight excluding hydrogens is 584 g/mol. The van der Waals surface area contributed by atoms with E-state index in [1.165, 1.54) is 24.3 Å². The zero-order chi connectivity index (χ0) is 31.4. The van der Waals surface area contributed by atoms with Crippen LogP contribution >= 0.6 is 11.6 Å². The van der Waals surface area contributed by atoms with Gasteiger partial charge in [-0.15, -0.1) is 0 Å². The first kappa shape index (κ1) is 31.7. The van der Waals surface area contributed by atoms with Crippen molar-refractivity contribution >= 4 is 35.5 Å². The van der Waals surface area contributed by atoms with Crippen LogP contribution < -0.4 is 4.74 Å². The van der Waals surface area contributed by atoms with Crippen LogP contribution in [0.4, 0.5) is 0 Å². The zero-order valence-corrected chi connectivity index (χ0v) is 24.4. The molecule has 0 aromatic heterocycles. The lowest BCUT2D eigenvalue weighted by atomic mass is 9.81. The summed E-state index contributed by atoms with van der Waals surface area (Å²) in [5, 5.41) is 0.422. The SMILES string of the molecule is C=C(CC(C(=O)OCc1ccccc1)(C(=O)OCc1ccccc1)C(=O)OCc1ccccc1)C(=O)Oc1ccc(Cl)cc1. The van der Waals surface area contributed by atoms with Gasteiger partial charge in [0.15, 0.2) is 0 Å². The first-order valence-electron chi connectivity index (χ1n) is 13.6. The maximum atomic E-state index is 13.9. The molecule has 0 aliphatic rings. The highest BCUT2D eigenvalue weighted by Gasteiger charge is 2.58. The third-order valence-electron chi connectivity index (χ3n) is 6.48. The van der Waals surface area contributed by atoms with Crippen LogP contribution in [0.3, 0.4) is 0 Å². The molecule has 4 rings (SSSR count). The molecule has 0 atom stereocenters. The summed E-state index contributed by atoms with van der Waals surface area (Å²) in [7, 11) is 0. The van der Waals surface area contributed by atoms with E-state index in [1.54, 1.807) is 91.0 Å². The van der Waals surface area contributed by atoms with Crippen LogP contribution in [0.15, 0.2) is 127 Å². The van der Waals surface area contributed by atoms with E-state index in [0.717, 1.165) is 0 Å². The highest BCUT2D eigenvalue weighted by atomic mass is 35.5. The van der Waals surface area contributed by atoms with E-state index in [1.807, 2.05) is 0 Å². The Morgan fingerprint density at radius 3 is 1.30 bits per heavy atom. The van der Waals surface area contributed by atoms with Crippen molar-refractivity contribution in [1.82, 2.24) is 0 Å². The summed E-state index contributed by atoms with van der Waals surface area (Å²) in [4.78, 5) is 54.7. The predicted molar refractivity (Wildman–Crippen MR) is 162 cm³/mol. The third-order valence-corrected chi connectivity index (χ3v) is 6.73. The number of hydrogen-bond acceptors (Lipinski definition) is 8. The molecule has 8 nitrogen and oxygen atoms in total. The van der Waals surface area contributed by atoms with E-state index in [4.69, 9.17) is 30.5 Å². The Balaban J connectivity index is 1.66. The van der Waals surface area contributed by atoms with Crippen molar-refractivity contribution in [3.8, 4) is 5.75 Å². The average Bonchev–Trinajstić information content (AvgIpc) is 3.06. The molecule has 0 saturated heterocycles. The number of benzene rings is 4. The molecule has 224 valence electrons. The Morgan fingerprint density at radius 2 is 0.932 bits per heavy atom. The summed E-state index contributed by atoms with van der Waals surface area (Å²) in [5.41, 5.74) is -1.30. The van der Waals surface area contributed by atoms with Crippen molar-refractivity contribution in [3.63, 3.8) is 0 Å². The fraction of sp³-hybridized carbons (Fsp3) is 0.143. The molecule has 4 aromatic carbocycles. The molecule has 0 bridgehead atoms. The lowest BCUT2D eigenvalue weighted by molar-refractivity contribution is -0.186. The van der Waals surface area contributed by atoms with Gasteiger partial charge in [0.05, 0.1) is 0 Å². The maximum Gasteiger partial charge on any atom is 0.338 e. The molecule has 4 aromatic rings. The van der Waals surface area contributed by atoms with Crippen LogP contribution in [0.5, 0.6) is 5.75 Å². The largest absolute Gasteiger partial charge is 0.460 e. The van der Waals surface area contributed by atoms with Crippen LogP contribution in [0.1, 0.15) is 23.1 Å². The van der Waals surface area contributed by atoms with Gasteiger partial charge in [-0.3, -0.25) is 14.4 Å². The second kappa shape index (κ2) is 15.3. The number of hydrogen-bond donors (Lipinski definition) is 0. The molecule has 0 unspecified atom stereocenters. The fourth-order valence-corrected chi connectivity index (χ4v) is 4.21. The van der Waals surface area contributed by atoms with Crippen LogP contribution in [-0.4, -0.2) is 23.9 Å². The van der Waals surface area contributed by atoms with Crippen molar-refractivity contribution in [2.45, 2.75) is 26.2 Å². The van der Waals surface area contributed by atoms with Gasteiger partial charge in [-0.25, -0.2) is 4.79 Å². The van der Waals surface area contributed by atoms with Gasteiger partial charge >= 0.3 is 23.9 Å². The number of ether oxygens (including phenoxy) is 4. The van der Waals surface area contributed by atoms with Gasteiger partial charge in [0.2, 0.25) is 0 Å². The van der Waals surface area contributed by atoms with Gasteiger partial charge in [-0.1, -0.05) is 109 Å². The fourth-order valence-electron chi connectivity index (χ4n) is 4.08. The second-order valence-electron chi connectivity index (χ2n) is 9.71. The molecule has 0 spiro atoms. The van der Waals surface area contributed by atoms with Crippen molar-refractivity contribution in [2.75, 3.05) is 0 Å². The standard InChI is InChI=1S/C35H29ClO8/c1-25(31(37)44-30-19-17-29(36)18-20-30)21-35(32(38)41-22-26-11-5-2-6-12-26,33(39)42-23-27-13-7-3-8-14-27)34(40)43-24-28-15-9-4-10-16-28/h2-20H,1,21-24H2. The molecule has 0 heterocycles. The van der Waals surface area contributed by atoms with E-state index in [-0.39, 0.29) is 31.1 Å². The van der Waals surface area contributed by atoms with Gasteiger partial charge in [-0.2, -0.15) is 0 Å². The lowest BCUT2D eigenvalue weighted by Gasteiger charge is -2.28. The summed E-state index contributed by atoms with van der Waals surface area (Å²) in [5.74, 6) is -4.65. The maximum absolute atomic E-state index is 13.9. The molecule has 0 saturated carbocycles. The molecular formula is C35H29ClO8. The average molecular weight is 613 g/mol. The van der Waals surface area contributed by atoms with Crippen molar-refractivity contribution in [3.05, 3.63) is 149 Å². The summed E-state index contributed by atoms with van der Waals surface area (Å²) in [6.07, 6.45) is -0.825. The third kappa shape index (κ3) is 8.42. The van der Waals surface area contributed by atoms with E-state index >= 15 is 0 Å². The first-order valence-corrected chi connectivity index (χ1v) is 13.9. The summed E-state index contributed by atoms with van der Waals surface area (Å²) in [6, 6.07) is 32.0. The molecule has 0 aliphatic heterocycles. The number of halogens is 1. The van der Waals surface area contributed by atoms with E-state index in [9.17, 15) is 19.2 Å². The van der Waals surface area contributed by atoms with E-state index < -0.39 is 35.7 Å². The van der Waals surface area contributed by atoms with E-state index in [2.05, 4.69) is 6.58 Å². The summed E-state index contributed by atoms with van der Waals surface area (Å²) >= 11 is 5.91. The van der Waals surface area contributed by atoms with Crippen molar-refractivity contribution in [1.29, 1.82) is 0 Å². The first-order chi connectivity index (χ1) is 21.3. The molecule has 0 fully saturated rings. The topological polar surface area (TPSA) is 105 Å². The number of esters is 4. The Kier molecular flexibility index (Phi) is 11.0. The molecule has 0 N–H and O–H groups in total. The quantitative estimate of drug-likeness (QED) is 0.0561. The molecule has 0 amide bonds. The normalized spacial score (nSPS) is 10.8. The Hall–Kier alpha value is -5.21. The highest BCUT2D eigenvalue weighted by Crippen LogP contribution is 2.34. The van der Waals surface area contributed by atoms with Gasteiger partial charge in [0.25, 0.3) is 5.41 Å². The second-order valence-corrected chi connectivity index (χ2v) is 10.2. The Bertz CT molecular complexity index is 1450. The number of carbonyl (C=O) groups excluding carboxylic acids is 4. The van der Waals surface area contributed by atoms with Crippen LogP contribution in [0, 0.1) is 5.41 Å². The Labute approximate surface area is 259 Å². The molecule has 9 heteroatoms. The van der Waals surface area contributed by atoms with Gasteiger partial charge in [0.1, 0.15) is 25.6 Å². The van der Waals surface area contributed by atoms with Crippen LogP contribution in [0.25, 0.3) is 0 Å². The molecule has 44 heavy (non-hydrogen) atoms. The minimum absolute atomic E-state index is 0.135. The predicted octanol–water partition coefficient (Wildman–Crippen LogP) is 6.41. The minimum atomic E-state index is -2.74. The zero-order valence-electron chi connectivity index (χ0n) is 23.6. The van der Waals surface area contributed by atoms with Crippen LogP contribution in [0.2, 0.25) is 5.02 Å². The minimum Gasteiger partial charge on any atom is -0.460 e.